The highest BCUT2D eigenvalue weighted by Gasteiger charge is 2.04. The fourth-order valence-electron chi connectivity index (χ4n) is 1.57. The predicted octanol–water partition coefficient (Wildman–Crippen LogP) is 1.27. The van der Waals surface area contributed by atoms with Crippen LogP contribution in [0.25, 0.3) is 0 Å². The summed E-state index contributed by atoms with van der Waals surface area (Å²) in [5.41, 5.74) is 6.44. The van der Waals surface area contributed by atoms with E-state index in [-0.39, 0.29) is 11.8 Å². The van der Waals surface area contributed by atoms with Gasteiger partial charge in [-0.1, -0.05) is 6.07 Å². The van der Waals surface area contributed by atoms with Crippen LogP contribution in [0.1, 0.15) is 12.5 Å². The first-order valence-electron chi connectivity index (χ1n) is 5.94. The molecule has 106 valence electrons. The molecule has 5 nitrogen and oxygen atoms in total. The molecule has 0 radical (unpaired) electrons. The topological polar surface area (TPSA) is 68.9 Å². The summed E-state index contributed by atoms with van der Waals surface area (Å²) in [5, 5.41) is 2.97. The number of ether oxygens (including phenoxy) is 2. The molecule has 0 aliphatic rings. The summed E-state index contributed by atoms with van der Waals surface area (Å²) < 4.78 is 23.3. The second-order valence-electron chi connectivity index (χ2n) is 4.17. The van der Waals surface area contributed by atoms with Crippen LogP contribution in [-0.4, -0.2) is 32.8 Å². The van der Waals surface area contributed by atoms with Gasteiger partial charge in [0.2, 0.25) is 0 Å². The third-order valence-electron chi connectivity index (χ3n) is 2.46. The molecule has 1 rings (SSSR count). The fraction of sp³-hybridized carbons (Fsp3) is 0.462. The van der Waals surface area contributed by atoms with Crippen molar-refractivity contribution < 1.29 is 13.9 Å². The van der Waals surface area contributed by atoms with Gasteiger partial charge < -0.3 is 20.5 Å². The summed E-state index contributed by atoms with van der Waals surface area (Å²) in [7, 11) is 3.04. The molecule has 1 unspecified atom stereocenters. The smallest absolute Gasteiger partial charge is 0.189 e. The first-order valence-corrected chi connectivity index (χ1v) is 5.94. The Morgan fingerprint density at radius 2 is 2.21 bits per heavy atom. The number of guanidine groups is 1. The molecule has 3 N–H and O–H groups in total. The van der Waals surface area contributed by atoms with Gasteiger partial charge in [0.15, 0.2) is 17.5 Å². The average molecular weight is 269 g/mol. The largest absolute Gasteiger partial charge is 0.494 e. The van der Waals surface area contributed by atoms with Crippen LogP contribution < -0.4 is 15.8 Å². The monoisotopic (exact) mass is 269 g/mol. The third-order valence-corrected chi connectivity index (χ3v) is 2.46. The molecule has 1 atom stereocenters. The highest BCUT2D eigenvalue weighted by Crippen LogP contribution is 2.17. The van der Waals surface area contributed by atoms with E-state index in [1.807, 2.05) is 6.92 Å². The van der Waals surface area contributed by atoms with Gasteiger partial charge in [0.1, 0.15) is 0 Å². The maximum absolute atomic E-state index is 13.4. The van der Waals surface area contributed by atoms with Crippen molar-refractivity contribution in [2.75, 3.05) is 20.8 Å². The van der Waals surface area contributed by atoms with Gasteiger partial charge >= 0.3 is 0 Å². The molecular formula is C13H20FN3O2. The summed E-state index contributed by atoms with van der Waals surface area (Å²) >= 11 is 0. The predicted molar refractivity (Wildman–Crippen MR) is 72.8 cm³/mol. The molecule has 0 fully saturated rings. The molecule has 19 heavy (non-hydrogen) atoms. The van der Waals surface area contributed by atoms with Gasteiger partial charge in [-0.2, -0.15) is 0 Å². The number of hydrogen-bond donors (Lipinski definition) is 2. The Balaban J connectivity index is 2.57. The molecule has 1 aromatic carbocycles. The van der Waals surface area contributed by atoms with E-state index in [1.54, 1.807) is 19.2 Å². The molecule has 0 spiro atoms. The van der Waals surface area contributed by atoms with Crippen LogP contribution in [0.4, 0.5) is 4.39 Å². The molecule has 1 aromatic rings. The van der Waals surface area contributed by atoms with E-state index in [1.165, 1.54) is 13.2 Å². The van der Waals surface area contributed by atoms with E-state index < -0.39 is 5.82 Å². The van der Waals surface area contributed by atoms with Crippen molar-refractivity contribution in [3.8, 4) is 5.75 Å². The molecule has 0 heterocycles. The van der Waals surface area contributed by atoms with Gasteiger partial charge in [-0.3, -0.25) is 0 Å². The number of nitrogens with zero attached hydrogens (tertiary/aromatic N) is 1. The van der Waals surface area contributed by atoms with Gasteiger partial charge in [-0.05, 0) is 24.6 Å². The summed E-state index contributed by atoms with van der Waals surface area (Å²) in [6.07, 6.45) is 0. The standard InChI is InChI=1S/C13H20FN3O2/c1-9(8-18-2)17-13(15)16-7-10-4-5-12(19-3)11(14)6-10/h4-6,9H,7-8H2,1-3H3,(H3,15,16,17). The lowest BCUT2D eigenvalue weighted by Crippen LogP contribution is -2.40. The van der Waals surface area contributed by atoms with Crippen LogP contribution in [0.2, 0.25) is 0 Å². The minimum atomic E-state index is -0.408. The van der Waals surface area contributed by atoms with Crippen molar-refractivity contribution in [1.82, 2.24) is 5.32 Å². The quantitative estimate of drug-likeness (QED) is 0.603. The van der Waals surface area contributed by atoms with E-state index in [0.717, 1.165) is 5.56 Å². The SMILES string of the molecule is COCC(C)NC(N)=NCc1ccc(OC)c(F)c1. The maximum atomic E-state index is 13.4. The highest BCUT2D eigenvalue weighted by molar-refractivity contribution is 5.78. The summed E-state index contributed by atoms with van der Waals surface area (Å²) in [4.78, 5) is 4.13. The van der Waals surface area contributed by atoms with Crippen LogP contribution in [0.3, 0.4) is 0 Å². The van der Waals surface area contributed by atoms with Crippen LogP contribution in [0.15, 0.2) is 23.2 Å². The summed E-state index contributed by atoms with van der Waals surface area (Å²) in [6.45, 7) is 2.77. The Morgan fingerprint density at radius 3 is 2.79 bits per heavy atom. The summed E-state index contributed by atoms with van der Waals surface area (Å²) in [6, 6.07) is 4.77. The first kappa shape index (κ1) is 15.2. The minimum absolute atomic E-state index is 0.0707. The lowest BCUT2D eigenvalue weighted by Gasteiger charge is -2.13. The molecular weight excluding hydrogens is 249 g/mol. The zero-order valence-corrected chi connectivity index (χ0v) is 11.4. The van der Waals surface area contributed by atoms with E-state index in [2.05, 4.69) is 10.3 Å². The fourth-order valence-corrected chi connectivity index (χ4v) is 1.57. The van der Waals surface area contributed by atoms with Crippen molar-refractivity contribution in [2.24, 2.45) is 10.7 Å². The molecule has 0 aliphatic carbocycles. The molecule has 0 aromatic heterocycles. The van der Waals surface area contributed by atoms with E-state index in [9.17, 15) is 4.39 Å². The molecule has 0 bridgehead atoms. The zero-order chi connectivity index (χ0) is 14.3. The second-order valence-corrected chi connectivity index (χ2v) is 4.17. The van der Waals surface area contributed by atoms with Crippen LogP contribution in [0, 0.1) is 5.82 Å². The Hall–Kier alpha value is -1.82. The Labute approximate surface area is 112 Å². The number of rotatable bonds is 6. The molecule has 6 heteroatoms. The van der Waals surface area contributed by atoms with Crippen molar-refractivity contribution in [2.45, 2.75) is 19.5 Å². The number of nitrogens with two attached hydrogens (primary N) is 1. The van der Waals surface area contributed by atoms with E-state index in [4.69, 9.17) is 15.2 Å². The van der Waals surface area contributed by atoms with Gasteiger partial charge in [-0.15, -0.1) is 0 Å². The lowest BCUT2D eigenvalue weighted by molar-refractivity contribution is 0.179. The normalized spacial score (nSPS) is 13.2. The Kier molecular flexibility index (Phi) is 6.08. The maximum Gasteiger partial charge on any atom is 0.189 e. The highest BCUT2D eigenvalue weighted by atomic mass is 19.1. The minimum Gasteiger partial charge on any atom is -0.494 e. The summed E-state index contributed by atoms with van der Waals surface area (Å²) in [5.74, 6) is 0.114. The number of nitrogens with one attached hydrogen (secondary N) is 1. The Morgan fingerprint density at radius 1 is 1.47 bits per heavy atom. The molecule has 0 saturated heterocycles. The number of benzene rings is 1. The van der Waals surface area contributed by atoms with Gasteiger partial charge in [0.25, 0.3) is 0 Å². The zero-order valence-electron chi connectivity index (χ0n) is 11.4. The van der Waals surface area contributed by atoms with Crippen molar-refractivity contribution in [3.05, 3.63) is 29.6 Å². The third kappa shape index (κ3) is 5.13. The van der Waals surface area contributed by atoms with Crippen LogP contribution in [-0.2, 0) is 11.3 Å². The van der Waals surface area contributed by atoms with Gasteiger partial charge in [-0.25, -0.2) is 9.38 Å². The van der Waals surface area contributed by atoms with Crippen LogP contribution >= 0.6 is 0 Å². The first-order chi connectivity index (χ1) is 9.06. The van der Waals surface area contributed by atoms with E-state index >= 15 is 0 Å². The number of methoxy groups -OCH3 is 2. The number of aliphatic imine (C=N–C) groups is 1. The molecule has 0 saturated carbocycles. The van der Waals surface area contributed by atoms with Crippen LogP contribution in [0.5, 0.6) is 5.75 Å². The second kappa shape index (κ2) is 7.58. The average Bonchev–Trinajstić information content (AvgIpc) is 2.36. The van der Waals surface area contributed by atoms with E-state index in [0.29, 0.717) is 19.1 Å². The van der Waals surface area contributed by atoms with Gasteiger partial charge in [0, 0.05) is 13.2 Å². The lowest BCUT2D eigenvalue weighted by atomic mass is 10.2. The Bertz CT molecular complexity index is 438. The molecule has 0 aliphatic heterocycles. The van der Waals surface area contributed by atoms with Crippen molar-refractivity contribution in [3.63, 3.8) is 0 Å². The number of halogens is 1. The molecule has 0 amide bonds. The number of hydrogen-bond acceptors (Lipinski definition) is 3. The van der Waals surface area contributed by atoms with Crippen molar-refractivity contribution >= 4 is 5.96 Å². The van der Waals surface area contributed by atoms with Gasteiger partial charge in [0.05, 0.1) is 20.3 Å². The van der Waals surface area contributed by atoms with Crippen molar-refractivity contribution in [1.29, 1.82) is 0 Å².